The minimum atomic E-state index is -1.49. The maximum Gasteiger partial charge on any atom is 0.162 e. The van der Waals surface area contributed by atoms with Gasteiger partial charge in [-0.3, -0.25) is 0 Å². The van der Waals surface area contributed by atoms with Gasteiger partial charge in [0.15, 0.2) is 5.79 Å². The molecule has 6 nitrogen and oxygen atoms in total. The van der Waals surface area contributed by atoms with Crippen LogP contribution in [0.2, 0.25) is 0 Å². The highest BCUT2D eigenvalue weighted by Crippen LogP contribution is 2.11. The smallest absolute Gasteiger partial charge is 0.162 e. The minimum absolute atomic E-state index is 0.330. The molecule has 2 unspecified atom stereocenters. The summed E-state index contributed by atoms with van der Waals surface area (Å²) in [6.45, 7) is 6.75. The van der Waals surface area contributed by atoms with Crippen LogP contribution in [0.1, 0.15) is 40.0 Å². The van der Waals surface area contributed by atoms with E-state index >= 15 is 0 Å². The third kappa shape index (κ3) is 18.1. The van der Waals surface area contributed by atoms with Crippen LogP contribution in [0.25, 0.3) is 0 Å². The number of aliphatic hydroxyl groups is 4. The summed E-state index contributed by atoms with van der Waals surface area (Å²) < 4.78 is 0. The maximum absolute atomic E-state index is 8.95. The van der Waals surface area contributed by atoms with Gasteiger partial charge in [0, 0.05) is 19.5 Å². The van der Waals surface area contributed by atoms with Crippen LogP contribution in [0.3, 0.4) is 0 Å². The molecule has 0 fully saturated rings. The van der Waals surface area contributed by atoms with Crippen LogP contribution in [0.5, 0.6) is 0 Å². The zero-order valence-corrected chi connectivity index (χ0v) is 11.8. The van der Waals surface area contributed by atoms with Crippen molar-refractivity contribution in [3.8, 4) is 0 Å². The molecule has 0 aliphatic heterocycles. The van der Waals surface area contributed by atoms with E-state index in [1.54, 1.807) is 20.8 Å². The maximum atomic E-state index is 8.95. The van der Waals surface area contributed by atoms with E-state index in [1.165, 1.54) is 0 Å². The van der Waals surface area contributed by atoms with Crippen LogP contribution in [0.15, 0.2) is 0 Å². The molecule has 112 valence electrons. The summed E-state index contributed by atoms with van der Waals surface area (Å²) in [7, 11) is 0. The Hall–Kier alpha value is -0.240. The minimum Gasteiger partial charge on any atom is -0.392 e. The van der Waals surface area contributed by atoms with E-state index in [9.17, 15) is 0 Å². The van der Waals surface area contributed by atoms with E-state index in [1.807, 2.05) is 0 Å². The highest BCUT2D eigenvalue weighted by Gasteiger charge is 2.17. The second-order valence-electron chi connectivity index (χ2n) is 4.58. The molecule has 2 atom stereocenters. The average molecular weight is 266 g/mol. The second-order valence-corrected chi connectivity index (χ2v) is 4.58. The number of hydrogen-bond acceptors (Lipinski definition) is 6. The molecular weight excluding hydrogens is 236 g/mol. The van der Waals surface area contributed by atoms with E-state index in [0.717, 1.165) is 0 Å². The highest BCUT2D eigenvalue weighted by molar-refractivity contribution is 4.61. The monoisotopic (exact) mass is 266 g/mol. The lowest BCUT2D eigenvalue weighted by Gasteiger charge is -2.18. The topological polar surface area (TPSA) is 119 Å². The quantitative estimate of drug-likeness (QED) is 0.319. The Morgan fingerprint density at radius 3 is 1.83 bits per heavy atom. The Balaban J connectivity index is 0. The first kappa shape index (κ1) is 20.1. The molecule has 0 rings (SSSR count). The largest absolute Gasteiger partial charge is 0.392 e. The lowest BCUT2D eigenvalue weighted by atomic mass is 10.1. The molecule has 0 saturated carbocycles. The predicted octanol–water partition coefficient (Wildman–Crippen LogP) is -0.846. The molecule has 6 heteroatoms. The molecule has 0 spiro atoms. The Bertz CT molecular complexity index is 167. The van der Waals surface area contributed by atoms with Crippen molar-refractivity contribution in [1.29, 1.82) is 0 Å². The SMILES string of the molecule is CC(O)CNCC(C)O.CCC(O)(O)CCCN. The summed E-state index contributed by atoms with van der Waals surface area (Å²) in [5.41, 5.74) is 5.17. The third-order valence-electron chi connectivity index (χ3n) is 2.23. The fourth-order valence-electron chi connectivity index (χ4n) is 1.06. The van der Waals surface area contributed by atoms with Crippen molar-refractivity contribution in [1.82, 2.24) is 5.32 Å². The van der Waals surface area contributed by atoms with Crippen molar-refractivity contribution in [2.24, 2.45) is 5.73 Å². The molecule has 0 aliphatic carbocycles. The standard InChI is InChI=1S/2C6H15NO2/c1-5(8)3-7-4-6(2)9;1-2-6(8,9)4-3-5-7/h5-9H,3-4H2,1-2H3;8-9H,2-5,7H2,1H3. The summed E-state index contributed by atoms with van der Waals surface area (Å²) in [5.74, 6) is -1.49. The molecule has 0 heterocycles. The fourth-order valence-corrected chi connectivity index (χ4v) is 1.06. The van der Waals surface area contributed by atoms with Crippen molar-refractivity contribution < 1.29 is 20.4 Å². The fraction of sp³-hybridized carbons (Fsp3) is 1.00. The Kier molecular flexibility index (Phi) is 13.2. The molecule has 0 amide bonds. The number of hydrogen-bond donors (Lipinski definition) is 6. The number of aliphatic hydroxyl groups excluding tert-OH is 2. The van der Waals surface area contributed by atoms with E-state index in [2.05, 4.69) is 5.32 Å². The van der Waals surface area contributed by atoms with Crippen molar-refractivity contribution in [2.75, 3.05) is 19.6 Å². The van der Waals surface area contributed by atoms with Gasteiger partial charge in [0.1, 0.15) is 0 Å². The van der Waals surface area contributed by atoms with Crippen molar-refractivity contribution in [3.05, 3.63) is 0 Å². The van der Waals surface area contributed by atoms with Gasteiger partial charge in [-0.05, 0) is 33.2 Å². The summed E-state index contributed by atoms with van der Waals surface area (Å²) in [6.07, 6.45) is 0.751. The van der Waals surface area contributed by atoms with Gasteiger partial charge in [-0.1, -0.05) is 6.92 Å². The molecule has 0 saturated heterocycles. The Morgan fingerprint density at radius 1 is 1.11 bits per heavy atom. The molecule has 0 aliphatic rings. The van der Waals surface area contributed by atoms with Crippen LogP contribution in [-0.2, 0) is 0 Å². The molecule has 0 aromatic rings. The van der Waals surface area contributed by atoms with Crippen molar-refractivity contribution >= 4 is 0 Å². The number of rotatable bonds is 8. The van der Waals surface area contributed by atoms with E-state index in [0.29, 0.717) is 38.9 Å². The predicted molar refractivity (Wildman–Crippen MR) is 72.0 cm³/mol. The van der Waals surface area contributed by atoms with Gasteiger partial charge in [0.2, 0.25) is 0 Å². The first-order chi connectivity index (χ1) is 8.25. The van der Waals surface area contributed by atoms with Crippen LogP contribution in [0, 0.1) is 0 Å². The van der Waals surface area contributed by atoms with Crippen molar-refractivity contribution in [2.45, 2.75) is 58.0 Å². The van der Waals surface area contributed by atoms with E-state index < -0.39 is 5.79 Å². The number of nitrogens with one attached hydrogen (secondary N) is 1. The molecule has 7 N–H and O–H groups in total. The van der Waals surface area contributed by atoms with Crippen LogP contribution < -0.4 is 11.1 Å². The lowest BCUT2D eigenvalue weighted by molar-refractivity contribution is -0.167. The van der Waals surface area contributed by atoms with Gasteiger partial charge in [0.05, 0.1) is 12.2 Å². The van der Waals surface area contributed by atoms with Gasteiger partial charge < -0.3 is 31.5 Å². The van der Waals surface area contributed by atoms with Gasteiger partial charge >= 0.3 is 0 Å². The normalized spacial score (nSPS) is 14.7. The lowest BCUT2D eigenvalue weighted by Crippen LogP contribution is -2.30. The summed E-state index contributed by atoms with van der Waals surface area (Å²) in [6, 6.07) is 0. The Morgan fingerprint density at radius 2 is 1.56 bits per heavy atom. The first-order valence-electron chi connectivity index (χ1n) is 6.46. The molecule has 0 bridgehead atoms. The summed E-state index contributed by atoms with van der Waals surface area (Å²) in [4.78, 5) is 0. The highest BCUT2D eigenvalue weighted by atomic mass is 16.5. The Labute approximate surface area is 110 Å². The second kappa shape index (κ2) is 11.8. The molecular formula is C12H30N2O4. The molecule has 0 aromatic heterocycles. The first-order valence-corrected chi connectivity index (χ1v) is 6.46. The molecule has 18 heavy (non-hydrogen) atoms. The van der Waals surface area contributed by atoms with Crippen LogP contribution >= 0.6 is 0 Å². The third-order valence-corrected chi connectivity index (χ3v) is 2.23. The van der Waals surface area contributed by atoms with Crippen molar-refractivity contribution in [3.63, 3.8) is 0 Å². The molecule has 0 aromatic carbocycles. The van der Waals surface area contributed by atoms with Gasteiger partial charge in [-0.25, -0.2) is 0 Å². The van der Waals surface area contributed by atoms with Crippen LogP contribution in [-0.4, -0.2) is 58.1 Å². The zero-order chi connectivity index (χ0) is 14.6. The van der Waals surface area contributed by atoms with E-state index in [4.69, 9.17) is 26.2 Å². The van der Waals surface area contributed by atoms with Gasteiger partial charge in [0.25, 0.3) is 0 Å². The zero-order valence-electron chi connectivity index (χ0n) is 11.8. The van der Waals surface area contributed by atoms with Crippen LogP contribution in [0.4, 0.5) is 0 Å². The van der Waals surface area contributed by atoms with Gasteiger partial charge in [-0.2, -0.15) is 0 Å². The van der Waals surface area contributed by atoms with E-state index in [-0.39, 0.29) is 12.2 Å². The average Bonchev–Trinajstić information content (AvgIpc) is 2.26. The summed E-state index contributed by atoms with van der Waals surface area (Å²) in [5, 5.41) is 38.2. The number of nitrogens with two attached hydrogens (primary N) is 1. The molecule has 0 radical (unpaired) electrons. The van der Waals surface area contributed by atoms with Gasteiger partial charge in [-0.15, -0.1) is 0 Å². The summed E-state index contributed by atoms with van der Waals surface area (Å²) >= 11 is 0.